The summed E-state index contributed by atoms with van der Waals surface area (Å²) >= 11 is 0. The second kappa shape index (κ2) is 9.84. The molecule has 1 aromatic rings. The van der Waals surface area contributed by atoms with E-state index in [-0.39, 0.29) is 6.61 Å². The van der Waals surface area contributed by atoms with Crippen molar-refractivity contribution in [3.8, 4) is 0 Å². The van der Waals surface area contributed by atoms with Crippen molar-refractivity contribution in [3.05, 3.63) is 47.3 Å². The Morgan fingerprint density at radius 1 is 1.26 bits per heavy atom. The van der Waals surface area contributed by atoms with Gasteiger partial charge in [0.1, 0.15) is 0 Å². The lowest BCUT2D eigenvalue weighted by Crippen LogP contribution is -2.27. The van der Waals surface area contributed by atoms with Crippen LogP contribution in [0.4, 0.5) is 0 Å². The molecule has 0 amide bonds. The van der Waals surface area contributed by atoms with Crippen molar-refractivity contribution < 1.29 is 14.3 Å². The molecule has 0 aliphatic carbocycles. The van der Waals surface area contributed by atoms with Gasteiger partial charge in [-0.2, -0.15) is 0 Å². The van der Waals surface area contributed by atoms with Gasteiger partial charge >= 0.3 is 12.0 Å². The highest BCUT2D eigenvalue weighted by Gasteiger charge is 2.30. The minimum Gasteiger partial charge on any atom is -0.459 e. The zero-order chi connectivity index (χ0) is 14.7. The molecular weight excluding hydrogens is 242 g/mol. The van der Waals surface area contributed by atoms with Gasteiger partial charge in [0.25, 0.3) is 0 Å². The number of carbonyl (C=O) groups is 2. The summed E-state index contributed by atoms with van der Waals surface area (Å²) in [5.41, 5.74) is 1.04. The minimum atomic E-state index is -1.31. The van der Waals surface area contributed by atoms with E-state index >= 15 is 0 Å². The largest absolute Gasteiger partial charge is 0.459 e. The van der Waals surface area contributed by atoms with Crippen molar-refractivity contribution in [2.75, 3.05) is 6.61 Å². The number of benzene rings is 1. The maximum absolute atomic E-state index is 11.3. The van der Waals surface area contributed by atoms with E-state index in [1.165, 1.54) is 6.92 Å². The van der Waals surface area contributed by atoms with Crippen LogP contribution in [0.3, 0.4) is 0 Å². The molecule has 102 valence electrons. The molecule has 1 atom stereocenters. The number of carbonyl (C=O) groups excluding carboxylic acids is 2. The van der Waals surface area contributed by atoms with Crippen LogP contribution in [0.1, 0.15) is 26.3 Å². The van der Waals surface area contributed by atoms with Crippen LogP contribution in [0.15, 0.2) is 30.3 Å². The predicted molar refractivity (Wildman–Crippen MR) is 73.5 cm³/mol. The van der Waals surface area contributed by atoms with Gasteiger partial charge in [-0.25, -0.2) is 11.4 Å². The maximum Gasteiger partial charge on any atom is 0.398 e. The van der Waals surface area contributed by atoms with Gasteiger partial charge in [-0.1, -0.05) is 44.2 Å². The number of Topliss-reactive ketones (excluding diaryl/α,β-unsaturated/α-hetero) is 1. The smallest absolute Gasteiger partial charge is 0.398 e. The summed E-state index contributed by atoms with van der Waals surface area (Å²) < 4.78 is 4.89. The average molecular weight is 261 g/mol. The number of ketones is 1. The van der Waals surface area contributed by atoms with Gasteiger partial charge in [0.15, 0.2) is 0 Å². The molecule has 0 heterocycles. The molecule has 0 aromatic heterocycles. The second-order valence-corrected chi connectivity index (χ2v) is 3.55. The topological polar surface area (TPSA) is 47.7 Å². The van der Waals surface area contributed by atoms with Crippen molar-refractivity contribution in [2.24, 2.45) is 0 Å². The molecule has 0 spiro atoms. The lowest BCUT2D eigenvalue weighted by atomic mass is 10.2. The normalized spacial score (nSPS) is 10.4. The summed E-state index contributed by atoms with van der Waals surface area (Å²) in [6.07, 6.45) is 0.579. The molecule has 0 aliphatic rings. The molecule has 4 heteroatoms. The Kier molecular flexibility index (Phi) is 8.72. The molecule has 19 heavy (non-hydrogen) atoms. The maximum atomic E-state index is 11.3. The Morgan fingerprint density at radius 3 is 2.32 bits per heavy atom. The molecule has 1 rings (SSSR count). The van der Waals surface area contributed by atoms with E-state index in [9.17, 15) is 9.59 Å². The second-order valence-electron chi connectivity index (χ2n) is 3.55. The first-order valence-electron chi connectivity index (χ1n) is 6.22. The Morgan fingerprint density at radius 2 is 1.84 bits per heavy atom. The van der Waals surface area contributed by atoms with Gasteiger partial charge in [-0.15, -0.1) is 0 Å². The number of nitrogens with zero attached hydrogens (tertiary/aromatic N) is 1. The molecule has 0 radical (unpaired) electrons. The molecule has 0 saturated heterocycles. The number of ether oxygens (including phenoxy) is 1. The molecule has 0 bridgehead atoms. The molecule has 0 saturated carbocycles. The van der Waals surface area contributed by atoms with E-state index in [2.05, 4.69) is 4.85 Å². The van der Waals surface area contributed by atoms with E-state index in [0.717, 1.165) is 5.56 Å². The number of hydrogen-bond donors (Lipinski definition) is 0. The zero-order valence-corrected chi connectivity index (χ0v) is 11.6. The van der Waals surface area contributed by atoms with Crippen LogP contribution in [0.25, 0.3) is 4.85 Å². The fourth-order valence-electron chi connectivity index (χ4n) is 1.30. The van der Waals surface area contributed by atoms with E-state index in [1.807, 2.05) is 44.2 Å². The van der Waals surface area contributed by atoms with Gasteiger partial charge < -0.3 is 4.74 Å². The summed E-state index contributed by atoms with van der Waals surface area (Å²) in [7, 11) is 0. The third kappa shape index (κ3) is 6.37. The van der Waals surface area contributed by atoms with Crippen LogP contribution < -0.4 is 0 Å². The Hall–Kier alpha value is -2.15. The molecule has 1 aromatic carbocycles. The van der Waals surface area contributed by atoms with Crippen molar-refractivity contribution in [3.63, 3.8) is 0 Å². The minimum absolute atomic E-state index is 0.183. The van der Waals surface area contributed by atoms with Crippen LogP contribution in [0.2, 0.25) is 0 Å². The van der Waals surface area contributed by atoms with Crippen LogP contribution in [0, 0.1) is 6.57 Å². The molecule has 0 N–H and O–H groups in total. The van der Waals surface area contributed by atoms with Gasteiger partial charge in [0, 0.05) is 13.3 Å². The number of hydrogen-bond acceptors (Lipinski definition) is 3. The number of rotatable bonds is 5. The fourth-order valence-corrected chi connectivity index (χ4v) is 1.30. The molecule has 0 fully saturated rings. The lowest BCUT2D eigenvalue weighted by Gasteiger charge is -2.04. The molecule has 1 unspecified atom stereocenters. The van der Waals surface area contributed by atoms with Crippen molar-refractivity contribution >= 4 is 11.8 Å². The highest BCUT2D eigenvalue weighted by molar-refractivity contribution is 6.03. The Bertz CT molecular complexity index is 434. The van der Waals surface area contributed by atoms with Crippen LogP contribution in [-0.2, 0) is 20.7 Å². The van der Waals surface area contributed by atoms with Gasteiger partial charge in [-0.05, 0) is 5.56 Å². The first kappa shape index (κ1) is 16.9. The van der Waals surface area contributed by atoms with E-state index < -0.39 is 17.8 Å². The third-order valence-electron chi connectivity index (χ3n) is 2.22. The first-order valence-corrected chi connectivity index (χ1v) is 6.22. The summed E-state index contributed by atoms with van der Waals surface area (Å²) in [4.78, 5) is 25.2. The molecule has 0 aliphatic heterocycles. The summed E-state index contributed by atoms with van der Waals surface area (Å²) in [6, 6.07) is 8.23. The van der Waals surface area contributed by atoms with E-state index in [4.69, 9.17) is 11.3 Å². The Balaban J connectivity index is 0.00000154. The zero-order valence-electron chi connectivity index (χ0n) is 11.6. The SMILES string of the molecule is CC.[C-]#[N+]C(C(C)=O)C(=O)OCCc1ccccc1. The van der Waals surface area contributed by atoms with E-state index in [1.54, 1.807) is 0 Å². The highest BCUT2D eigenvalue weighted by Crippen LogP contribution is 2.02. The van der Waals surface area contributed by atoms with Gasteiger partial charge in [0.05, 0.1) is 6.61 Å². The quantitative estimate of drug-likeness (QED) is 0.465. The lowest BCUT2D eigenvalue weighted by molar-refractivity contribution is -0.146. The van der Waals surface area contributed by atoms with Crippen LogP contribution in [0.5, 0.6) is 0 Å². The van der Waals surface area contributed by atoms with Crippen molar-refractivity contribution in [1.29, 1.82) is 0 Å². The fraction of sp³-hybridized carbons (Fsp3) is 0.400. The Labute approximate surface area is 114 Å². The monoisotopic (exact) mass is 261 g/mol. The predicted octanol–water partition coefficient (Wildman–Crippen LogP) is 2.68. The first-order chi connectivity index (χ1) is 9.15. The standard InChI is InChI=1S/C13H13NO3.C2H6/c1-10(15)12(14-2)13(16)17-9-8-11-6-4-3-5-7-11;1-2/h3-7,12H,8-9H2,1H3;1-2H3. The third-order valence-corrected chi connectivity index (χ3v) is 2.22. The van der Waals surface area contributed by atoms with Crippen LogP contribution >= 0.6 is 0 Å². The van der Waals surface area contributed by atoms with Crippen molar-refractivity contribution in [2.45, 2.75) is 33.2 Å². The van der Waals surface area contributed by atoms with Gasteiger partial charge in [0.2, 0.25) is 5.78 Å². The molecular formula is C15H19NO3. The molecule has 4 nitrogen and oxygen atoms in total. The summed E-state index contributed by atoms with van der Waals surface area (Å²) in [5, 5.41) is 0. The number of esters is 1. The van der Waals surface area contributed by atoms with Crippen molar-refractivity contribution in [1.82, 2.24) is 0 Å². The average Bonchev–Trinajstić information content (AvgIpc) is 2.42. The summed E-state index contributed by atoms with van der Waals surface area (Å²) in [6.45, 7) is 12.1. The van der Waals surface area contributed by atoms with Gasteiger partial charge in [-0.3, -0.25) is 9.64 Å². The van der Waals surface area contributed by atoms with Crippen LogP contribution in [-0.4, -0.2) is 24.4 Å². The van der Waals surface area contributed by atoms with E-state index in [0.29, 0.717) is 6.42 Å². The highest BCUT2D eigenvalue weighted by atomic mass is 16.5. The summed E-state index contributed by atoms with van der Waals surface area (Å²) in [5.74, 6) is -1.24.